The van der Waals surface area contributed by atoms with Crippen LogP contribution < -0.4 is 5.73 Å². The Balaban J connectivity index is 2.93. The van der Waals surface area contributed by atoms with E-state index in [2.05, 4.69) is 0 Å². The largest absolute Gasteiger partial charge is 0.369 e. The second-order valence-electron chi connectivity index (χ2n) is 2.71. The van der Waals surface area contributed by atoms with Gasteiger partial charge in [-0.05, 0) is 30.2 Å². The molecule has 0 aromatic heterocycles. The van der Waals surface area contributed by atoms with Crippen LogP contribution in [0.4, 0.5) is 0 Å². The van der Waals surface area contributed by atoms with Crippen LogP contribution in [0.25, 0.3) is 0 Å². The summed E-state index contributed by atoms with van der Waals surface area (Å²) < 4.78 is 0. The lowest BCUT2D eigenvalue weighted by atomic mass is 10.1. The summed E-state index contributed by atoms with van der Waals surface area (Å²) in [6.07, 6.45) is 0.281. The van der Waals surface area contributed by atoms with Crippen LogP contribution in [0.2, 0.25) is 5.02 Å². The third-order valence-corrected chi connectivity index (χ3v) is 1.90. The van der Waals surface area contributed by atoms with E-state index in [1.807, 2.05) is 19.1 Å². The normalized spacial score (nSPS) is 9.83. The smallest absolute Gasteiger partial charge is 0.221 e. The molecule has 0 unspecified atom stereocenters. The number of hydrogen-bond acceptors (Lipinski definition) is 1. The molecule has 12 heavy (non-hydrogen) atoms. The number of carbonyl (C=O) groups is 1. The molecule has 0 bridgehead atoms. The number of rotatable bonds is 2. The van der Waals surface area contributed by atoms with Gasteiger partial charge >= 0.3 is 0 Å². The number of benzene rings is 1. The van der Waals surface area contributed by atoms with Crippen molar-refractivity contribution in [2.75, 3.05) is 0 Å². The van der Waals surface area contributed by atoms with E-state index in [0.717, 1.165) is 11.1 Å². The van der Waals surface area contributed by atoms with Crippen LogP contribution in [0, 0.1) is 6.92 Å². The molecule has 64 valence electrons. The van der Waals surface area contributed by atoms with E-state index in [0.29, 0.717) is 5.02 Å². The SMILES string of the molecule is Cc1cc(Cl)ccc1CC(N)=O. The highest BCUT2D eigenvalue weighted by molar-refractivity contribution is 6.30. The summed E-state index contributed by atoms with van der Waals surface area (Å²) in [7, 11) is 0. The Bertz CT molecular complexity index is 309. The zero-order chi connectivity index (χ0) is 9.14. The molecule has 1 aromatic rings. The second kappa shape index (κ2) is 3.59. The maximum atomic E-state index is 10.6. The molecule has 2 nitrogen and oxygen atoms in total. The molecule has 0 atom stereocenters. The molecule has 0 spiro atoms. The molecule has 0 fully saturated rings. The zero-order valence-corrected chi connectivity index (χ0v) is 7.56. The molecule has 1 aromatic carbocycles. The van der Waals surface area contributed by atoms with Gasteiger partial charge in [0.1, 0.15) is 0 Å². The molecule has 2 N–H and O–H groups in total. The number of primary amides is 1. The van der Waals surface area contributed by atoms with Gasteiger partial charge < -0.3 is 5.73 Å². The highest BCUT2D eigenvalue weighted by Crippen LogP contribution is 2.15. The van der Waals surface area contributed by atoms with Gasteiger partial charge in [0.2, 0.25) is 5.91 Å². The predicted molar refractivity (Wildman–Crippen MR) is 49.1 cm³/mol. The molecule has 0 heterocycles. The first-order valence-corrected chi connectivity index (χ1v) is 4.00. The molecule has 0 saturated heterocycles. The Morgan fingerprint density at radius 1 is 1.58 bits per heavy atom. The number of nitrogens with two attached hydrogens (primary N) is 1. The molecule has 1 amide bonds. The summed E-state index contributed by atoms with van der Waals surface area (Å²) >= 11 is 5.74. The molecule has 0 aliphatic heterocycles. The van der Waals surface area contributed by atoms with E-state index >= 15 is 0 Å². The maximum absolute atomic E-state index is 10.6. The van der Waals surface area contributed by atoms with Crippen LogP contribution in [0.15, 0.2) is 18.2 Å². The van der Waals surface area contributed by atoms with Crippen LogP contribution >= 0.6 is 11.6 Å². The number of amides is 1. The predicted octanol–water partition coefficient (Wildman–Crippen LogP) is 1.68. The Morgan fingerprint density at radius 2 is 2.25 bits per heavy atom. The fraction of sp³-hybridized carbons (Fsp3) is 0.222. The number of hydrogen-bond donors (Lipinski definition) is 1. The minimum Gasteiger partial charge on any atom is -0.369 e. The van der Waals surface area contributed by atoms with Crippen LogP contribution in [0.1, 0.15) is 11.1 Å². The van der Waals surface area contributed by atoms with E-state index in [9.17, 15) is 4.79 Å². The van der Waals surface area contributed by atoms with E-state index < -0.39 is 0 Å². The average Bonchev–Trinajstić information content (AvgIpc) is 1.94. The van der Waals surface area contributed by atoms with Crippen molar-refractivity contribution in [2.45, 2.75) is 13.3 Å². The molecule has 1 rings (SSSR count). The summed E-state index contributed by atoms with van der Waals surface area (Å²) in [5.41, 5.74) is 7.00. The van der Waals surface area contributed by atoms with E-state index in [1.54, 1.807) is 6.07 Å². The van der Waals surface area contributed by atoms with Gasteiger partial charge in [-0.25, -0.2) is 0 Å². The van der Waals surface area contributed by atoms with Gasteiger partial charge in [0, 0.05) is 5.02 Å². The van der Waals surface area contributed by atoms with E-state index in [-0.39, 0.29) is 12.3 Å². The standard InChI is InChI=1S/C9H10ClNO/c1-6-4-8(10)3-2-7(6)5-9(11)12/h2-4H,5H2,1H3,(H2,11,12). The average molecular weight is 184 g/mol. The molecule has 0 radical (unpaired) electrons. The number of halogens is 1. The summed E-state index contributed by atoms with van der Waals surface area (Å²) in [6, 6.07) is 5.40. The van der Waals surface area contributed by atoms with Gasteiger partial charge in [-0.1, -0.05) is 17.7 Å². The fourth-order valence-corrected chi connectivity index (χ4v) is 1.27. The Hall–Kier alpha value is -1.02. The van der Waals surface area contributed by atoms with Gasteiger partial charge in [-0.15, -0.1) is 0 Å². The van der Waals surface area contributed by atoms with Crippen LogP contribution in [-0.4, -0.2) is 5.91 Å². The van der Waals surface area contributed by atoms with Crippen LogP contribution in [-0.2, 0) is 11.2 Å². The first-order chi connectivity index (χ1) is 5.59. The number of aryl methyl sites for hydroxylation is 1. The first kappa shape index (κ1) is 9.07. The van der Waals surface area contributed by atoms with Gasteiger partial charge in [-0.2, -0.15) is 0 Å². The van der Waals surface area contributed by atoms with Crippen LogP contribution in [0.3, 0.4) is 0 Å². The van der Waals surface area contributed by atoms with Gasteiger partial charge in [-0.3, -0.25) is 4.79 Å². The van der Waals surface area contributed by atoms with Crippen molar-refractivity contribution in [3.8, 4) is 0 Å². The van der Waals surface area contributed by atoms with Crippen LogP contribution in [0.5, 0.6) is 0 Å². The fourth-order valence-electron chi connectivity index (χ4n) is 1.05. The molecule has 0 aliphatic carbocycles. The summed E-state index contributed by atoms with van der Waals surface area (Å²) in [5, 5.41) is 0.681. The Labute approximate surface area is 76.3 Å². The quantitative estimate of drug-likeness (QED) is 0.745. The van der Waals surface area contributed by atoms with E-state index in [1.165, 1.54) is 0 Å². The Kier molecular flexibility index (Phi) is 2.71. The topological polar surface area (TPSA) is 43.1 Å². The minimum atomic E-state index is -0.319. The molecular weight excluding hydrogens is 174 g/mol. The summed E-state index contributed by atoms with van der Waals surface area (Å²) in [5.74, 6) is -0.319. The minimum absolute atomic E-state index is 0.281. The lowest BCUT2D eigenvalue weighted by Crippen LogP contribution is -2.14. The van der Waals surface area contributed by atoms with Gasteiger partial charge in [0.05, 0.1) is 6.42 Å². The van der Waals surface area contributed by atoms with Crippen molar-refractivity contribution in [3.05, 3.63) is 34.3 Å². The van der Waals surface area contributed by atoms with Crippen molar-refractivity contribution >= 4 is 17.5 Å². The first-order valence-electron chi connectivity index (χ1n) is 3.63. The number of carbonyl (C=O) groups excluding carboxylic acids is 1. The van der Waals surface area contributed by atoms with Crippen molar-refractivity contribution < 1.29 is 4.79 Å². The highest BCUT2D eigenvalue weighted by atomic mass is 35.5. The lowest BCUT2D eigenvalue weighted by molar-refractivity contribution is -0.117. The summed E-state index contributed by atoms with van der Waals surface area (Å²) in [6.45, 7) is 1.91. The van der Waals surface area contributed by atoms with Gasteiger partial charge in [0.25, 0.3) is 0 Å². The molecule has 3 heteroatoms. The third kappa shape index (κ3) is 2.24. The second-order valence-corrected chi connectivity index (χ2v) is 3.15. The summed E-state index contributed by atoms with van der Waals surface area (Å²) in [4.78, 5) is 10.6. The third-order valence-electron chi connectivity index (χ3n) is 1.67. The monoisotopic (exact) mass is 183 g/mol. The molecule has 0 saturated carbocycles. The van der Waals surface area contributed by atoms with Crippen molar-refractivity contribution in [2.24, 2.45) is 5.73 Å². The van der Waals surface area contributed by atoms with E-state index in [4.69, 9.17) is 17.3 Å². The highest BCUT2D eigenvalue weighted by Gasteiger charge is 2.01. The molecular formula is C9H10ClNO. The van der Waals surface area contributed by atoms with Gasteiger partial charge in [0.15, 0.2) is 0 Å². The zero-order valence-electron chi connectivity index (χ0n) is 6.80. The van der Waals surface area contributed by atoms with Crippen molar-refractivity contribution in [1.82, 2.24) is 0 Å². The van der Waals surface area contributed by atoms with Crippen molar-refractivity contribution in [3.63, 3.8) is 0 Å². The molecule has 0 aliphatic rings. The Morgan fingerprint density at radius 3 is 2.75 bits per heavy atom. The lowest BCUT2D eigenvalue weighted by Gasteiger charge is -2.02. The van der Waals surface area contributed by atoms with Crippen molar-refractivity contribution in [1.29, 1.82) is 0 Å². The maximum Gasteiger partial charge on any atom is 0.221 e.